The lowest BCUT2D eigenvalue weighted by Crippen LogP contribution is -2.22. The van der Waals surface area contributed by atoms with Gasteiger partial charge in [-0.1, -0.05) is 73.7 Å². The van der Waals surface area contributed by atoms with Crippen molar-refractivity contribution in [2.75, 3.05) is 19.6 Å². The molecule has 1 atom stereocenters. The third-order valence-corrected chi connectivity index (χ3v) is 5.43. The molecule has 146 valence electrons. The highest BCUT2D eigenvalue weighted by molar-refractivity contribution is 5.76. The average molecular weight is 373 g/mol. The predicted molar refractivity (Wildman–Crippen MR) is 121 cm³/mol. The Hall–Kier alpha value is -2.58. The first-order valence-electron chi connectivity index (χ1n) is 10.3. The molecule has 1 heterocycles. The zero-order valence-electron chi connectivity index (χ0n) is 17.4. The maximum Gasteiger partial charge on any atom is 0.0333 e. The quantitative estimate of drug-likeness (QED) is 0.600. The minimum Gasteiger partial charge on any atom is -0.348 e. The standard InChI is InChI=1S/C26H32N2/c1-5-28-19-26(11-8-22(28)4)25-14-12-24(13-15-25)21(3)18-27-17-16-23-9-6-20(2)7-10-23/h6-15,19,21,27H,4-5,16-18H2,1-3H3. The number of nitrogens with zero attached hydrogens (tertiary/aromatic N) is 1. The van der Waals surface area contributed by atoms with E-state index in [4.69, 9.17) is 0 Å². The zero-order valence-corrected chi connectivity index (χ0v) is 17.4. The van der Waals surface area contributed by atoms with E-state index >= 15 is 0 Å². The zero-order chi connectivity index (χ0) is 19.9. The van der Waals surface area contributed by atoms with Crippen molar-refractivity contribution in [3.8, 4) is 0 Å². The minimum absolute atomic E-state index is 0.495. The second kappa shape index (κ2) is 9.57. The SMILES string of the molecule is C=C1C=CC(c2ccc(C(C)CNCCc3ccc(C)cc3)cc2)=CN1CC. The molecular weight excluding hydrogens is 340 g/mol. The van der Waals surface area contributed by atoms with Crippen molar-refractivity contribution in [1.82, 2.24) is 10.2 Å². The van der Waals surface area contributed by atoms with E-state index in [-0.39, 0.29) is 0 Å². The van der Waals surface area contributed by atoms with Gasteiger partial charge in [0, 0.05) is 25.0 Å². The van der Waals surface area contributed by atoms with Crippen molar-refractivity contribution in [1.29, 1.82) is 0 Å². The first-order valence-corrected chi connectivity index (χ1v) is 10.3. The number of hydrogen-bond donors (Lipinski definition) is 1. The number of likely N-dealkylation sites (N-methyl/N-ethyl adjacent to an activating group) is 1. The van der Waals surface area contributed by atoms with Crippen LogP contribution >= 0.6 is 0 Å². The number of allylic oxidation sites excluding steroid dienone is 3. The average Bonchev–Trinajstić information content (AvgIpc) is 2.73. The van der Waals surface area contributed by atoms with Crippen LogP contribution in [-0.2, 0) is 6.42 Å². The molecule has 1 N–H and O–H groups in total. The monoisotopic (exact) mass is 372 g/mol. The van der Waals surface area contributed by atoms with Gasteiger partial charge in [0.2, 0.25) is 0 Å². The Balaban J connectivity index is 1.51. The first-order chi connectivity index (χ1) is 13.6. The van der Waals surface area contributed by atoms with Crippen molar-refractivity contribution in [2.24, 2.45) is 0 Å². The van der Waals surface area contributed by atoms with E-state index < -0.39 is 0 Å². The second-order valence-corrected chi connectivity index (χ2v) is 7.66. The summed E-state index contributed by atoms with van der Waals surface area (Å²) in [5, 5.41) is 3.60. The van der Waals surface area contributed by atoms with Gasteiger partial charge in [-0.2, -0.15) is 0 Å². The fourth-order valence-corrected chi connectivity index (χ4v) is 3.47. The topological polar surface area (TPSA) is 15.3 Å². The molecule has 0 spiro atoms. The summed E-state index contributed by atoms with van der Waals surface area (Å²) in [6, 6.07) is 17.8. The van der Waals surface area contributed by atoms with E-state index in [2.05, 4.69) is 104 Å². The van der Waals surface area contributed by atoms with Gasteiger partial charge in [0.1, 0.15) is 0 Å². The molecule has 0 amide bonds. The molecule has 0 saturated heterocycles. The lowest BCUT2D eigenvalue weighted by molar-refractivity contribution is 0.507. The van der Waals surface area contributed by atoms with Crippen molar-refractivity contribution in [2.45, 2.75) is 33.1 Å². The number of hydrogen-bond acceptors (Lipinski definition) is 2. The lowest BCUT2D eigenvalue weighted by Gasteiger charge is -2.24. The summed E-state index contributed by atoms with van der Waals surface area (Å²) < 4.78 is 0. The van der Waals surface area contributed by atoms with Crippen LogP contribution in [0, 0.1) is 6.92 Å². The van der Waals surface area contributed by atoms with E-state index in [1.54, 1.807) is 0 Å². The molecule has 0 saturated carbocycles. The van der Waals surface area contributed by atoms with Gasteiger partial charge in [0.05, 0.1) is 0 Å². The van der Waals surface area contributed by atoms with Gasteiger partial charge in [0.15, 0.2) is 0 Å². The normalized spacial score (nSPS) is 14.9. The van der Waals surface area contributed by atoms with Gasteiger partial charge >= 0.3 is 0 Å². The summed E-state index contributed by atoms with van der Waals surface area (Å²) >= 11 is 0. The van der Waals surface area contributed by atoms with E-state index in [1.165, 1.54) is 27.8 Å². The smallest absolute Gasteiger partial charge is 0.0333 e. The Morgan fingerprint density at radius 2 is 1.71 bits per heavy atom. The van der Waals surface area contributed by atoms with Crippen molar-refractivity contribution in [3.63, 3.8) is 0 Å². The van der Waals surface area contributed by atoms with E-state index in [0.29, 0.717) is 5.92 Å². The Kier molecular flexibility index (Phi) is 6.89. The largest absolute Gasteiger partial charge is 0.348 e. The summed E-state index contributed by atoms with van der Waals surface area (Å²) in [5.41, 5.74) is 7.64. The van der Waals surface area contributed by atoms with Crippen LogP contribution in [-0.4, -0.2) is 24.5 Å². The van der Waals surface area contributed by atoms with Gasteiger partial charge < -0.3 is 10.2 Å². The van der Waals surface area contributed by atoms with E-state index in [0.717, 1.165) is 31.8 Å². The van der Waals surface area contributed by atoms with Gasteiger partial charge in [-0.15, -0.1) is 0 Å². The van der Waals surface area contributed by atoms with Crippen LogP contribution in [0.1, 0.15) is 42.0 Å². The van der Waals surface area contributed by atoms with Gasteiger partial charge in [0.25, 0.3) is 0 Å². The maximum absolute atomic E-state index is 4.08. The van der Waals surface area contributed by atoms with E-state index in [9.17, 15) is 0 Å². The Morgan fingerprint density at radius 3 is 2.39 bits per heavy atom. The Labute approximate surface area is 170 Å². The van der Waals surface area contributed by atoms with Crippen LogP contribution in [0.3, 0.4) is 0 Å². The molecule has 28 heavy (non-hydrogen) atoms. The number of rotatable bonds is 8. The molecule has 3 rings (SSSR count). The van der Waals surface area contributed by atoms with Crippen LogP contribution in [0.4, 0.5) is 0 Å². The van der Waals surface area contributed by atoms with Crippen LogP contribution in [0.15, 0.2) is 79.2 Å². The third-order valence-electron chi connectivity index (χ3n) is 5.43. The van der Waals surface area contributed by atoms with Gasteiger partial charge in [-0.25, -0.2) is 0 Å². The number of nitrogens with one attached hydrogen (secondary N) is 1. The molecule has 0 radical (unpaired) electrons. The second-order valence-electron chi connectivity index (χ2n) is 7.66. The van der Waals surface area contributed by atoms with Crippen LogP contribution < -0.4 is 5.32 Å². The van der Waals surface area contributed by atoms with Crippen molar-refractivity contribution < 1.29 is 0 Å². The molecule has 1 unspecified atom stereocenters. The highest BCUT2D eigenvalue weighted by atomic mass is 15.1. The fourth-order valence-electron chi connectivity index (χ4n) is 3.47. The molecule has 1 aliphatic rings. The maximum atomic E-state index is 4.08. The van der Waals surface area contributed by atoms with Crippen molar-refractivity contribution in [3.05, 3.63) is 101 Å². The Bertz CT molecular complexity index is 841. The molecule has 2 nitrogen and oxygen atoms in total. The summed E-state index contributed by atoms with van der Waals surface area (Å²) in [6.45, 7) is 13.6. The summed E-state index contributed by atoms with van der Waals surface area (Å²) in [6.07, 6.45) is 7.51. The van der Waals surface area contributed by atoms with Gasteiger partial charge in [-0.05, 0) is 61.1 Å². The lowest BCUT2D eigenvalue weighted by atomic mass is 9.96. The van der Waals surface area contributed by atoms with Crippen LogP contribution in [0.2, 0.25) is 0 Å². The van der Waals surface area contributed by atoms with Crippen LogP contribution in [0.5, 0.6) is 0 Å². The number of benzene rings is 2. The summed E-state index contributed by atoms with van der Waals surface area (Å²) in [7, 11) is 0. The molecule has 0 aromatic heterocycles. The summed E-state index contributed by atoms with van der Waals surface area (Å²) in [4.78, 5) is 2.18. The molecule has 0 aliphatic carbocycles. The van der Waals surface area contributed by atoms with Crippen LogP contribution in [0.25, 0.3) is 5.57 Å². The minimum atomic E-state index is 0.495. The molecule has 2 aromatic rings. The number of aryl methyl sites for hydroxylation is 1. The van der Waals surface area contributed by atoms with Crippen molar-refractivity contribution >= 4 is 5.57 Å². The third kappa shape index (κ3) is 5.24. The molecule has 2 heteroatoms. The summed E-state index contributed by atoms with van der Waals surface area (Å²) in [5.74, 6) is 0.495. The first kappa shape index (κ1) is 20.2. The highest BCUT2D eigenvalue weighted by Gasteiger charge is 2.10. The molecule has 1 aliphatic heterocycles. The Morgan fingerprint density at radius 1 is 1.00 bits per heavy atom. The predicted octanol–water partition coefficient (Wildman–Crippen LogP) is 5.68. The fraction of sp³-hybridized carbons (Fsp3) is 0.308. The van der Waals surface area contributed by atoms with E-state index in [1.807, 2.05) is 0 Å². The molecular formula is C26H32N2. The molecule has 0 bridgehead atoms. The van der Waals surface area contributed by atoms with Gasteiger partial charge in [-0.3, -0.25) is 0 Å². The molecule has 2 aromatic carbocycles. The molecule has 0 fully saturated rings. The highest BCUT2D eigenvalue weighted by Crippen LogP contribution is 2.25.